The van der Waals surface area contributed by atoms with Gasteiger partial charge in [-0.3, -0.25) is 9.48 Å². The van der Waals surface area contributed by atoms with Gasteiger partial charge in [0.2, 0.25) is 5.91 Å². The molecular weight excluding hydrogens is 514 g/mol. The number of aromatic nitrogens is 3. The molecule has 11 heteroatoms. The highest BCUT2D eigenvalue weighted by Gasteiger charge is 2.43. The molecule has 5 rings (SSSR count). The van der Waals surface area contributed by atoms with Crippen LogP contribution in [0, 0.1) is 6.92 Å². The maximum atomic E-state index is 13.5. The van der Waals surface area contributed by atoms with Gasteiger partial charge >= 0.3 is 6.29 Å². The Morgan fingerprint density at radius 1 is 1.12 bits per heavy atom. The van der Waals surface area contributed by atoms with Crippen LogP contribution in [0.2, 0.25) is 0 Å². The van der Waals surface area contributed by atoms with E-state index in [9.17, 15) is 13.6 Å². The Balaban J connectivity index is 1.65. The molecule has 8 nitrogen and oxygen atoms in total. The number of nitrogens with two attached hydrogens (primary N) is 1. The van der Waals surface area contributed by atoms with Crippen LogP contribution in [0.5, 0.6) is 11.5 Å². The van der Waals surface area contributed by atoms with E-state index in [1.807, 2.05) is 18.2 Å². The quantitative estimate of drug-likeness (QED) is 0.396. The van der Waals surface area contributed by atoms with Crippen LogP contribution in [0.25, 0.3) is 33.8 Å². The van der Waals surface area contributed by atoms with Crippen molar-refractivity contribution in [1.29, 1.82) is 0 Å². The van der Waals surface area contributed by atoms with Gasteiger partial charge in [0.1, 0.15) is 5.69 Å². The first-order valence-electron chi connectivity index (χ1n) is 10.1. The van der Waals surface area contributed by atoms with Gasteiger partial charge in [-0.2, -0.15) is 5.10 Å². The molecule has 4 aromatic rings. The van der Waals surface area contributed by atoms with E-state index in [-0.39, 0.29) is 17.9 Å². The number of rotatable bonds is 5. The van der Waals surface area contributed by atoms with Gasteiger partial charge in [0.15, 0.2) is 23.1 Å². The van der Waals surface area contributed by atoms with E-state index in [1.54, 1.807) is 30.8 Å². The average molecular weight is 531 g/mol. The van der Waals surface area contributed by atoms with Gasteiger partial charge in [0.25, 0.3) is 0 Å². The van der Waals surface area contributed by atoms with E-state index in [0.717, 1.165) is 15.7 Å². The van der Waals surface area contributed by atoms with Crippen LogP contribution in [0.1, 0.15) is 11.6 Å². The van der Waals surface area contributed by atoms with Gasteiger partial charge in [0.05, 0.1) is 17.8 Å². The second-order valence-corrected chi connectivity index (χ2v) is 8.63. The summed E-state index contributed by atoms with van der Waals surface area (Å²) in [7, 11) is 1.76. The number of nitrogens with zero attached hydrogens (tertiary/aromatic N) is 3. The molecule has 0 atom stereocenters. The fourth-order valence-electron chi connectivity index (χ4n) is 3.87. The van der Waals surface area contributed by atoms with Crippen molar-refractivity contribution in [3.8, 4) is 45.3 Å². The molecule has 174 valence electrons. The molecule has 0 spiro atoms. The topological polar surface area (TPSA) is 105 Å². The number of fused-ring (bicyclic) bond motifs is 1. The van der Waals surface area contributed by atoms with Crippen molar-refractivity contribution in [2.75, 3.05) is 0 Å². The molecular formula is C23H17BrF2N4O4. The summed E-state index contributed by atoms with van der Waals surface area (Å²) in [6, 6.07) is 11.8. The Hall–Kier alpha value is -3.73. The van der Waals surface area contributed by atoms with E-state index in [1.165, 1.54) is 12.1 Å². The lowest BCUT2D eigenvalue weighted by molar-refractivity contribution is -0.286. The number of halogens is 3. The molecule has 2 aromatic heterocycles. The Bertz CT molecular complexity index is 1450. The summed E-state index contributed by atoms with van der Waals surface area (Å²) in [6.45, 7) is 1.70. The number of carbonyl (C=O) groups excluding carboxylic acids is 1. The third-order valence-electron chi connectivity index (χ3n) is 5.20. The van der Waals surface area contributed by atoms with Gasteiger partial charge in [-0.15, -0.1) is 8.78 Å². The Morgan fingerprint density at radius 2 is 1.88 bits per heavy atom. The fourth-order valence-corrected chi connectivity index (χ4v) is 4.23. The lowest BCUT2D eigenvalue weighted by atomic mass is 9.98. The highest BCUT2D eigenvalue weighted by atomic mass is 79.9. The summed E-state index contributed by atoms with van der Waals surface area (Å²) >= 11 is 3.50. The van der Waals surface area contributed by atoms with Gasteiger partial charge < -0.3 is 19.6 Å². The lowest BCUT2D eigenvalue weighted by Gasteiger charge is -2.10. The van der Waals surface area contributed by atoms with Crippen molar-refractivity contribution in [2.24, 2.45) is 12.8 Å². The molecule has 34 heavy (non-hydrogen) atoms. The first-order chi connectivity index (χ1) is 16.1. The standard InChI is InChI=1S/C23H17BrF2N4O4/c1-11-28-21(12-3-6-18-19(7-12)34-23(25,26)33-18)22(32-11)16-8-13(24)4-5-15(16)17-9-14(10-20(27)31)29-30(17)2/h3-9H,10H2,1-2H3,(H2,27,31). The molecule has 0 bridgehead atoms. The number of alkyl halides is 2. The highest BCUT2D eigenvalue weighted by Crippen LogP contribution is 2.45. The summed E-state index contributed by atoms with van der Waals surface area (Å²) in [5, 5.41) is 4.38. The minimum Gasteiger partial charge on any atom is -0.440 e. The Labute approximate surface area is 200 Å². The molecule has 0 aliphatic carbocycles. The van der Waals surface area contributed by atoms with Crippen molar-refractivity contribution in [1.82, 2.24) is 14.8 Å². The van der Waals surface area contributed by atoms with Gasteiger partial charge in [0, 0.05) is 35.1 Å². The maximum Gasteiger partial charge on any atom is 0.586 e. The largest absolute Gasteiger partial charge is 0.586 e. The smallest absolute Gasteiger partial charge is 0.440 e. The zero-order valence-electron chi connectivity index (χ0n) is 17.9. The molecule has 0 fully saturated rings. The second-order valence-electron chi connectivity index (χ2n) is 7.72. The monoisotopic (exact) mass is 530 g/mol. The number of oxazole rings is 1. The van der Waals surface area contributed by atoms with Crippen molar-refractivity contribution in [3.05, 3.63) is 58.5 Å². The summed E-state index contributed by atoms with van der Waals surface area (Å²) < 4.78 is 44.5. The molecule has 3 heterocycles. The van der Waals surface area contributed by atoms with Gasteiger partial charge in [-0.1, -0.05) is 22.0 Å². The number of hydrogen-bond donors (Lipinski definition) is 1. The van der Waals surface area contributed by atoms with Crippen LogP contribution < -0.4 is 15.2 Å². The predicted molar refractivity (Wildman–Crippen MR) is 121 cm³/mol. The van der Waals surface area contributed by atoms with Crippen LogP contribution >= 0.6 is 15.9 Å². The summed E-state index contributed by atoms with van der Waals surface area (Å²) in [5.74, 6) is 0.180. The lowest BCUT2D eigenvalue weighted by Crippen LogP contribution is -2.25. The van der Waals surface area contributed by atoms with Crippen LogP contribution in [0.3, 0.4) is 0 Å². The number of carbonyl (C=O) groups is 1. The van der Waals surface area contributed by atoms with E-state index in [2.05, 4.69) is 35.5 Å². The van der Waals surface area contributed by atoms with Crippen molar-refractivity contribution >= 4 is 21.8 Å². The fraction of sp³-hybridized carbons (Fsp3) is 0.174. The van der Waals surface area contributed by atoms with E-state index >= 15 is 0 Å². The van der Waals surface area contributed by atoms with Crippen LogP contribution in [0.4, 0.5) is 8.78 Å². The molecule has 1 aliphatic heterocycles. The zero-order chi connectivity index (χ0) is 24.2. The molecule has 0 saturated carbocycles. The zero-order valence-corrected chi connectivity index (χ0v) is 19.5. The highest BCUT2D eigenvalue weighted by molar-refractivity contribution is 9.10. The summed E-state index contributed by atoms with van der Waals surface area (Å²) in [4.78, 5) is 15.9. The summed E-state index contributed by atoms with van der Waals surface area (Å²) in [5.41, 5.74) is 8.98. The SMILES string of the molecule is Cc1nc(-c2ccc3c(c2)OC(F)(F)O3)c(-c2cc(Br)ccc2-c2cc(CC(N)=O)nn2C)o1. The third kappa shape index (κ3) is 4.03. The second kappa shape index (κ2) is 7.94. The number of hydrogen-bond acceptors (Lipinski definition) is 6. The van der Waals surface area contributed by atoms with Crippen molar-refractivity contribution in [3.63, 3.8) is 0 Å². The molecule has 0 saturated heterocycles. The number of amides is 1. The number of primary amides is 1. The normalized spacial score (nSPS) is 13.9. The van der Waals surface area contributed by atoms with Gasteiger partial charge in [-0.05, 0) is 36.4 Å². The third-order valence-corrected chi connectivity index (χ3v) is 5.69. The molecule has 1 amide bonds. The molecule has 1 aliphatic rings. The summed E-state index contributed by atoms with van der Waals surface area (Å²) in [6.07, 6.45) is -3.71. The first kappa shape index (κ1) is 22.1. The van der Waals surface area contributed by atoms with Crippen LogP contribution in [-0.4, -0.2) is 27.0 Å². The van der Waals surface area contributed by atoms with Crippen molar-refractivity contribution < 1.29 is 27.5 Å². The van der Waals surface area contributed by atoms with Gasteiger partial charge in [-0.25, -0.2) is 4.98 Å². The maximum absolute atomic E-state index is 13.5. The molecule has 2 aromatic carbocycles. The van der Waals surface area contributed by atoms with Crippen molar-refractivity contribution in [2.45, 2.75) is 19.6 Å². The van der Waals surface area contributed by atoms with Crippen LogP contribution in [-0.2, 0) is 18.3 Å². The first-order valence-corrected chi connectivity index (χ1v) is 10.9. The number of benzene rings is 2. The number of aryl methyl sites for hydroxylation is 2. The van der Waals surface area contributed by atoms with E-state index in [0.29, 0.717) is 34.2 Å². The van der Waals surface area contributed by atoms with E-state index < -0.39 is 12.2 Å². The molecule has 0 radical (unpaired) electrons. The minimum atomic E-state index is -3.72. The molecule has 2 N–H and O–H groups in total. The van der Waals surface area contributed by atoms with Crippen LogP contribution in [0.15, 0.2) is 51.4 Å². The van der Waals surface area contributed by atoms with E-state index in [4.69, 9.17) is 10.2 Å². The Morgan fingerprint density at radius 3 is 2.65 bits per heavy atom. The number of ether oxygens (including phenoxy) is 2. The average Bonchev–Trinajstić information content (AvgIpc) is 3.39. The predicted octanol–water partition coefficient (Wildman–Crippen LogP) is 4.83. The minimum absolute atomic E-state index is 0.00813. The Kier molecular flexibility index (Phi) is 5.16. The molecule has 0 unspecified atom stereocenters.